The number of rotatable bonds is 7. The summed E-state index contributed by atoms with van der Waals surface area (Å²) in [5, 5.41) is 34.7. The Kier molecular flexibility index (Phi) is 8.79. The van der Waals surface area contributed by atoms with Gasteiger partial charge in [0.25, 0.3) is 10.1 Å². The van der Waals surface area contributed by atoms with Crippen LogP contribution in [0, 0.1) is 0 Å². The Morgan fingerprint density at radius 2 is 1.39 bits per heavy atom. The first-order valence-corrected chi connectivity index (χ1v) is 10.3. The molecule has 3 N–H and O–H groups in total. The Morgan fingerprint density at radius 3 is 2.00 bits per heavy atom. The van der Waals surface area contributed by atoms with Crippen LogP contribution in [0.25, 0.3) is 0 Å². The fourth-order valence-electron chi connectivity index (χ4n) is 2.48. The molecule has 0 radical (unpaired) electrons. The first-order valence-electron chi connectivity index (χ1n) is 8.83. The smallest absolute Gasteiger partial charge is 0.507 e. The number of phenols is 1. The summed E-state index contributed by atoms with van der Waals surface area (Å²) in [4.78, 5) is 10.8. The van der Waals surface area contributed by atoms with Crippen molar-refractivity contribution in [2.75, 3.05) is 7.11 Å². The van der Waals surface area contributed by atoms with Gasteiger partial charge in [0.2, 0.25) is 0 Å². The SMILES string of the molecule is COc1cc(N=Nc2ccc(S(=O)(=O)O)cc2)ccc1N=Nc1ccc(O)c(C(=O)O)c1.[Na+]. The number of ether oxygens (including phenoxy) is 1. The van der Waals surface area contributed by atoms with E-state index in [1.54, 1.807) is 18.2 Å². The number of azo groups is 2. The minimum atomic E-state index is -4.28. The van der Waals surface area contributed by atoms with Crippen LogP contribution in [0.1, 0.15) is 10.4 Å². The summed E-state index contributed by atoms with van der Waals surface area (Å²) in [6, 6.07) is 13.7. The van der Waals surface area contributed by atoms with Crippen LogP contribution in [-0.2, 0) is 10.1 Å². The zero-order valence-corrected chi connectivity index (χ0v) is 20.3. The monoisotopic (exact) mass is 479 g/mol. The van der Waals surface area contributed by atoms with Crippen LogP contribution >= 0.6 is 0 Å². The van der Waals surface area contributed by atoms with Crippen molar-refractivity contribution in [3.63, 3.8) is 0 Å². The Balaban J connectivity index is 0.00000385. The topological polar surface area (TPSA) is 171 Å². The molecule has 33 heavy (non-hydrogen) atoms. The Morgan fingerprint density at radius 1 is 0.848 bits per heavy atom. The van der Waals surface area contributed by atoms with Crippen LogP contribution < -0.4 is 34.3 Å². The molecule has 0 heterocycles. The second-order valence-corrected chi connectivity index (χ2v) is 7.65. The van der Waals surface area contributed by atoms with E-state index in [2.05, 4.69) is 20.5 Å². The summed E-state index contributed by atoms with van der Waals surface area (Å²) in [5.74, 6) is -1.35. The number of aromatic carboxylic acids is 1. The predicted molar refractivity (Wildman–Crippen MR) is 113 cm³/mol. The largest absolute Gasteiger partial charge is 1.00 e. The zero-order valence-electron chi connectivity index (χ0n) is 17.4. The molecule has 11 nitrogen and oxygen atoms in total. The van der Waals surface area contributed by atoms with Gasteiger partial charge in [-0.3, -0.25) is 4.55 Å². The van der Waals surface area contributed by atoms with Gasteiger partial charge in [0, 0.05) is 6.07 Å². The van der Waals surface area contributed by atoms with E-state index in [-0.39, 0.29) is 51.5 Å². The molecule has 0 atom stereocenters. The molecule has 0 spiro atoms. The van der Waals surface area contributed by atoms with Crippen LogP contribution in [-0.4, -0.2) is 36.3 Å². The minimum Gasteiger partial charge on any atom is -0.507 e. The van der Waals surface area contributed by atoms with Crippen molar-refractivity contribution in [1.29, 1.82) is 0 Å². The molecule has 0 unspecified atom stereocenters. The standard InChI is InChI=1S/C20H16N4O7S.Na/c1-31-19-11-14(22-21-12-2-6-15(7-3-12)32(28,29)30)4-8-17(19)24-23-13-5-9-18(25)16(10-13)20(26)27;/h2-11,25H,1H3,(H,26,27)(H,28,29,30);/q;+1. The molecule has 0 aliphatic carbocycles. The predicted octanol–water partition coefficient (Wildman–Crippen LogP) is 2.18. The number of carboxylic acid groups (broad SMARTS) is 1. The van der Waals surface area contributed by atoms with Gasteiger partial charge in [0.15, 0.2) is 0 Å². The van der Waals surface area contributed by atoms with Gasteiger partial charge in [-0.1, -0.05) is 0 Å². The third kappa shape index (κ3) is 6.91. The second kappa shape index (κ2) is 11.1. The van der Waals surface area contributed by atoms with Gasteiger partial charge in [-0.25, -0.2) is 4.79 Å². The molecule has 0 bridgehead atoms. The number of benzene rings is 3. The summed E-state index contributed by atoms with van der Waals surface area (Å²) in [6.45, 7) is 0. The first kappa shape index (κ1) is 26.1. The molecule has 0 saturated heterocycles. The zero-order chi connectivity index (χ0) is 23.3. The number of carbonyl (C=O) groups is 1. The van der Waals surface area contributed by atoms with Gasteiger partial charge in [0.05, 0.1) is 29.1 Å². The van der Waals surface area contributed by atoms with Gasteiger partial charge in [-0.2, -0.15) is 23.8 Å². The van der Waals surface area contributed by atoms with Crippen molar-refractivity contribution in [2.45, 2.75) is 4.90 Å². The molecule has 164 valence electrons. The summed E-state index contributed by atoms with van der Waals surface area (Å²) >= 11 is 0. The molecule has 0 amide bonds. The van der Waals surface area contributed by atoms with E-state index >= 15 is 0 Å². The van der Waals surface area contributed by atoms with Gasteiger partial charge in [0.1, 0.15) is 22.7 Å². The van der Waals surface area contributed by atoms with E-state index in [1.807, 2.05) is 0 Å². The Bertz CT molecular complexity index is 1330. The molecule has 0 fully saturated rings. The number of aromatic hydroxyl groups is 1. The van der Waals surface area contributed by atoms with E-state index < -0.39 is 16.1 Å². The molecule has 0 saturated carbocycles. The maximum atomic E-state index is 11.1. The van der Waals surface area contributed by atoms with Gasteiger partial charge >= 0.3 is 35.5 Å². The summed E-state index contributed by atoms with van der Waals surface area (Å²) in [7, 11) is -2.86. The number of hydrogen-bond acceptors (Lipinski definition) is 9. The van der Waals surface area contributed by atoms with Crippen LogP contribution in [0.5, 0.6) is 11.5 Å². The summed E-state index contributed by atoms with van der Waals surface area (Å²) in [6.07, 6.45) is 0. The molecule has 3 aromatic carbocycles. The van der Waals surface area contributed by atoms with E-state index in [0.29, 0.717) is 22.8 Å². The van der Waals surface area contributed by atoms with Crippen molar-refractivity contribution < 1.29 is 62.3 Å². The second-order valence-electron chi connectivity index (χ2n) is 6.23. The normalized spacial score (nSPS) is 11.5. The third-order valence-corrected chi connectivity index (χ3v) is 4.93. The quantitative estimate of drug-likeness (QED) is 0.265. The Hall–Kier alpha value is -3.16. The molecule has 3 aromatic rings. The van der Waals surface area contributed by atoms with Gasteiger partial charge in [-0.05, 0) is 54.6 Å². The first-order chi connectivity index (χ1) is 15.2. The third-order valence-electron chi connectivity index (χ3n) is 4.06. The molecule has 3 rings (SSSR count). The van der Waals surface area contributed by atoms with Crippen LogP contribution in [0.15, 0.2) is 86.0 Å². The molecule has 0 aromatic heterocycles. The van der Waals surface area contributed by atoms with Crippen LogP contribution in [0.3, 0.4) is 0 Å². The van der Waals surface area contributed by atoms with E-state index in [1.165, 1.54) is 49.6 Å². The average Bonchev–Trinajstić information content (AvgIpc) is 2.76. The Labute approximate surface area is 210 Å². The maximum absolute atomic E-state index is 11.1. The van der Waals surface area contributed by atoms with Crippen molar-refractivity contribution in [3.05, 3.63) is 66.2 Å². The molecule has 0 aliphatic rings. The number of nitrogens with zero attached hydrogens (tertiary/aromatic N) is 4. The number of methoxy groups -OCH3 is 1. The fourth-order valence-corrected chi connectivity index (χ4v) is 2.96. The summed E-state index contributed by atoms with van der Waals surface area (Å²) in [5.41, 5.74) is 1.04. The van der Waals surface area contributed by atoms with Crippen molar-refractivity contribution in [3.8, 4) is 11.5 Å². The van der Waals surface area contributed by atoms with Crippen molar-refractivity contribution >= 4 is 38.8 Å². The average molecular weight is 479 g/mol. The maximum Gasteiger partial charge on any atom is 1.00 e. The summed E-state index contributed by atoms with van der Waals surface area (Å²) < 4.78 is 36.4. The van der Waals surface area contributed by atoms with Gasteiger partial charge in [-0.15, -0.1) is 5.11 Å². The minimum absolute atomic E-state index is 0. The fraction of sp³-hybridized carbons (Fsp3) is 0.0500. The molecular formula is C20H16N4NaO7S+. The molecule has 0 aliphatic heterocycles. The molecule has 13 heteroatoms. The number of carboxylic acids is 1. The van der Waals surface area contributed by atoms with Crippen LogP contribution in [0.4, 0.5) is 22.7 Å². The van der Waals surface area contributed by atoms with Crippen molar-refractivity contribution in [2.24, 2.45) is 20.5 Å². The van der Waals surface area contributed by atoms with Crippen LogP contribution in [0.2, 0.25) is 0 Å². The number of hydrogen-bond donors (Lipinski definition) is 3. The van der Waals surface area contributed by atoms with Crippen molar-refractivity contribution in [1.82, 2.24) is 0 Å². The van der Waals surface area contributed by atoms with Gasteiger partial charge < -0.3 is 14.9 Å². The van der Waals surface area contributed by atoms with E-state index in [9.17, 15) is 18.3 Å². The van der Waals surface area contributed by atoms with E-state index in [4.69, 9.17) is 14.4 Å². The molecular weight excluding hydrogens is 463 g/mol. The van der Waals surface area contributed by atoms with E-state index in [0.717, 1.165) is 0 Å².